The molecule has 2 aliphatic rings. The van der Waals surface area contributed by atoms with Gasteiger partial charge in [-0.3, -0.25) is 4.79 Å². The number of benzene rings is 1. The van der Waals surface area contributed by atoms with Crippen molar-refractivity contribution in [2.75, 3.05) is 0 Å². The van der Waals surface area contributed by atoms with Crippen LogP contribution in [-0.4, -0.2) is 33.7 Å². The van der Waals surface area contributed by atoms with Crippen molar-refractivity contribution < 1.29 is 14.6 Å². The third kappa shape index (κ3) is 2.75. The van der Waals surface area contributed by atoms with Gasteiger partial charge >= 0.3 is 0 Å². The van der Waals surface area contributed by atoms with Gasteiger partial charge in [-0.05, 0) is 43.5 Å². The van der Waals surface area contributed by atoms with E-state index >= 15 is 0 Å². The van der Waals surface area contributed by atoms with Gasteiger partial charge in [0.1, 0.15) is 6.10 Å². The lowest BCUT2D eigenvalue weighted by atomic mass is 9.68. The molecule has 5 heteroatoms. The number of aliphatic hydroxyl groups excluding tert-OH is 1. The van der Waals surface area contributed by atoms with E-state index in [1.807, 2.05) is 25.3 Å². The average molecular weight is 354 g/mol. The molecule has 1 fully saturated rings. The fourth-order valence-electron chi connectivity index (χ4n) is 4.73. The van der Waals surface area contributed by atoms with Crippen molar-refractivity contribution in [2.24, 2.45) is 5.92 Å². The number of H-pyrrole nitrogens is 1. The molecule has 3 N–H and O–H groups in total. The number of hydrogen-bond donors (Lipinski definition) is 3. The third-order valence-electron chi connectivity index (χ3n) is 6.05. The minimum absolute atomic E-state index is 0.0479. The Morgan fingerprint density at radius 1 is 1.38 bits per heavy atom. The van der Waals surface area contributed by atoms with Crippen molar-refractivity contribution in [3.8, 4) is 0 Å². The molecule has 1 aromatic carbocycles. The smallest absolute Gasteiger partial charge is 0.217 e. The number of nitrogens with one attached hydrogen (secondary N) is 2. The summed E-state index contributed by atoms with van der Waals surface area (Å²) in [6, 6.07) is 8.19. The van der Waals surface area contributed by atoms with Gasteiger partial charge in [-0.2, -0.15) is 0 Å². The molecule has 2 heterocycles. The molecule has 0 unspecified atom stereocenters. The first-order valence-electron chi connectivity index (χ1n) is 9.24. The number of fused-ring (bicyclic) bond motifs is 2. The highest BCUT2D eigenvalue weighted by molar-refractivity contribution is 5.83. The second kappa shape index (κ2) is 6.25. The summed E-state index contributed by atoms with van der Waals surface area (Å²) in [5.74, 6) is -0.000652. The quantitative estimate of drug-likeness (QED) is 0.725. The van der Waals surface area contributed by atoms with Crippen molar-refractivity contribution >= 4 is 16.8 Å². The summed E-state index contributed by atoms with van der Waals surface area (Å²) >= 11 is 0. The lowest BCUT2D eigenvalue weighted by Gasteiger charge is -2.52. The Labute approximate surface area is 153 Å². The van der Waals surface area contributed by atoms with Gasteiger partial charge in [0.05, 0.1) is 12.2 Å². The molecule has 2 aromatic rings. The first-order chi connectivity index (χ1) is 12.4. The highest BCUT2D eigenvalue weighted by Crippen LogP contribution is 2.47. The molecule has 4 rings (SSSR count). The summed E-state index contributed by atoms with van der Waals surface area (Å²) in [4.78, 5) is 15.2. The third-order valence-corrected chi connectivity index (χ3v) is 6.05. The van der Waals surface area contributed by atoms with Crippen LogP contribution in [0.4, 0.5) is 0 Å². The monoisotopic (exact) mass is 354 g/mol. The van der Waals surface area contributed by atoms with Crippen molar-refractivity contribution in [3.63, 3.8) is 0 Å². The molecular weight excluding hydrogens is 328 g/mol. The Balaban J connectivity index is 1.77. The summed E-state index contributed by atoms with van der Waals surface area (Å²) in [7, 11) is 0. The maximum Gasteiger partial charge on any atom is 0.217 e. The van der Waals surface area contributed by atoms with Gasteiger partial charge in [0.25, 0.3) is 0 Å². The van der Waals surface area contributed by atoms with E-state index in [2.05, 4.69) is 35.4 Å². The number of aliphatic hydroxyl groups is 1. The molecule has 1 aliphatic carbocycles. The molecule has 0 saturated carbocycles. The van der Waals surface area contributed by atoms with E-state index in [0.29, 0.717) is 6.42 Å². The van der Waals surface area contributed by atoms with Crippen LogP contribution in [0.15, 0.2) is 42.1 Å². The number of rotatable bonds is 2. The number of amides is 1. The predicted molar refractivity (Wildman–Crippen MR) is 101 cm³/mol. The molecule has 1 aromatic heterocycles. The number of hydrogen-bond acceptors (Lipinski definition) is 3. The number of ether oxygens (including phenoxy) is 1. The van der Waals surface area contributed by atoms with Crippen LogP contribution >= 0.6 is 0 Å². The van der Waals surface area contributed by atoms with Gasteiger partial charge < -0.3 is 20.1 Å². The topological polar surface area (TPSA) is 74.4 Å². The minimum atomic E-state index is -0.643. The van der Waals surface area contributed by atoms with Crippen LogP contribution in [0.2, 0.25) is 0 Å². The van der Waals surface area contributed by atoms with Crippen LogP contribution in [-0.2, 0) is 9.53 Å². The van der Waals surface area contributed by atoms with Gasteiger partial charge in [-0.1, -0.05) is 18.2 Å². The SMILES string of the molecule is CC(=O)N[C@@]1(C)C[C@@H](c2cccc3[nH]ccc23)O[C@H]2[C@H](O)C(C)=CC[C@H]21. The lowest BCUT2D eigenvalue weighted by Crippen LogP contribution is -2.62. The van der Waals surface area contributed by atoms with Crippen LogP contribution in [0.1, 0.15) is 45.3 Å². The second-order valence-electron chi connectivity index (χ2n) is 7.91. The number of aromatic amines is 1. The fraction of sp³-hybridized carbons (Fsp3) is 0.476. The number of aromatic nitrogens is 1. The summed E-state index contributed by atoms with van der Waals surface area (Å²) in [6.45, 7) is 5.58. The average Bonchev–Trinajstić information content (AvgIpc) is 3.06. The van der Waals surface area contributed by atoms with E-state index < -0.39 is 11.6 Å². The lowest BCUT2D eigenvalue weighted by molar-refractivity contribution is -0.165. The largest absolute Gasteiger partial charge is 0.386 e. The van der Waals surface area contributed by atoms with Crippen molar-refractivity contribution in [2.45, 2.75) is 57.5 Å². The predicted octanol–water partition coefficient (Wildman–Crippen LogP) is 3.22. The van der Waals surface area contributed by atoms with Gasteiger partial charge in [0, 0.05) is 41.9 Å². The van der Waals surface area contributed by atoms with Gasteiger partial charge in [-0.25, -0.2) is 0 Å². The van der Waals surface area contributed by atoms with E-state index in [1.165, 1.54) is 0 Å². The molecule has 138 valence electrons. The zero-order valence-corrected chi connectivity index (χ0v) is 15.5. The number of allylic oxidation sites excluding steroid dienone is 1. The van der Waals surface area contributed by atoms with Gasteiger partial charge in [0.15, 0.2) is 0 Å². The molecule has 0 radical (unpaired) electrons. The molecule has 0 spiro atoms. The van der Waals surface area contributed by atoms with E-state index in [-0.39, 0.29) is 24.0 Å². The first-order valence-corrected chi connectivity index (χ1v) is 9.24. The molecule has 5 atom stereocenters. The second-order valence-corrected chi connectivity index (χ2v) is 7.91. The Morgan fingerprint density at radius 2 is 2.19 bits per heavy atom. The Morgan fingerprint density at radius 3 is 2.96 bits per heavy atom. The van der Waals surface area contributed by atoms with Crippen LogP contribution in [0.5, 0.6) is 0 Å². The number of carbonyl (C=O) groups is 1. The highest BCUT2D eigenvalue weighted by Gasteiger charge is 2.51. The number of carbonyl (C=O) groups excluding carboxylic acids is 1. The van der Waals surface area contributed by atoms with Crippen LogP contribution in [0.25, 0.3) is 10.9 Å². The van der Waals surface area contributed by atoms with Crippen molar-refractivity contribution in [1.82, 2.24) is 10.3 Å². The summed E-state index contributed by atoms with van der Waals surface area (Å²) in [5.41, 5.74) is 2.67. The van der Waals surface area contributed by atoms with E-state index in [4.69, 9.17) is 4.74 Å². The first kappa shape index (κ1) is 17.3. The van der Waals surface area contributed by atoms with E-state index in [9.17, 15) is 9.90 Å². The maximum absolute atomic E-state index is 11.9. The molecule has 5 nitrogen and oxygen atoms in total. The van der Waals surface area contributed by atoms with Crippen molar-refractivity contribution in [1.29, 1.82) is 0 Å². The van der Waals surface area contributed by atoms with E-state index in [0.717, 1.165) is 28.5 Å². The Kier molecular flexibility index (Phi) is 4.16. The minimum Gasteiger partial charge on any atom is -0.386 e. The molecule has 0 bridgehead atoms. The highest BCUT2D eigenvalue weighted by atomic mass is 16.5. The van der Waals surface area contributed by atoms with Gasteiger partial charge in [-0.15, -0.1) is 0 Å². The molecule has 1 saturated heterocycles. The zero-order valence-electron chi connectivity index (χ0n) is 15.5. The van der Waals surface area contributed by atoms with Crippen LogP contribution in [0.3, 0.4) is 0 Å². The summed E-state index contributed by atoms with van der Waals surface area (Å²) < 4.78 is 6.46. The molecule has 1 amide bonds. The van der Waals surface area contributed by atoms with Crippen LogP contribution < -0.4 is 5.32 Å². The Bertz CT molecular complexity index is 871. The summed E-state index contributed by atoms with van der Waals surface area (Å²) in [5, 5.41) is 15.1. The summed E-state index contributed by atoms with van der Waals surface area (Å²) in [6.07, 6.45) is 4.31. The normalized spacial score (nSPS) is 34.2. The van der Waals surface area contributed by atoms with E-state index in [1.54, 1.807) is 6.92 Å². The molecular formula is C21H26N2O3. The molecule has 1 aliphatic heterocycles. The van der Waals surface area contributed by atoms with Crippen molar-refractivity contribution in [3.05, 3.63) is 47.7 Å². The Hall–Kier alpha value is -2.11. The van der Waals surface area contributed by atoms with Gasteiger partial charge in [0.2, 0.25) is 5.91 Å². The zero-order chi connectivity index (χ0) is 18.5. The standard InChI is InChI=1S/C21H26N2O3/c1-12-7-8-16-20(19(12)25)26-18(11-21(16,3)23-13(2)24)15-5-4-6-17-14(15)9-10-22-17/h4-7,9-10,16,18-20,22,25H,8,11H2,1-3H3,(H,23,24)/t16-,18+,19-,20-,21+/m1/s1. The maximum atomic E-state index is 11.9. The van der Waals surface area contributed by atoms with Crippen LogP contribution in [0, 0.1) is 5.92 Å². The molecule has 26 heavy (non-hydrogen) atoms. The fourth-order valence-corrected chi connectivity index (χ4v) is 4.73.